The number of halogens is 2. The van der Waals surface area contributed by atoms with E-state index >= 15 is 0 Å². The molecule has 3 rings (SSSR count). The van der Waals surface area contributed by atoms with Gasteiger partial charge in [0.05, 0.1) is 6.54 Å². The van der Waals surface area contributed by atoms with Gasteiger partial charge in [-0.2, -0.15) is 0 Å². The number of carbonyl (C=O) groups excluding carboxylic acids is 1. The smallest absolute Gasteiger partial charge is 0.236 e. The van der Waals surface area contributed by atoms with Gasteiger partial charge >= 0.3 is 0 Å². The monoisotopic (exact) mass is 421 g/mol. The second kappa shape index (κ2) is 11.2. The van der Waals surface area contributed by atoms with Crippen molar-refractivity contribution in [3.05, 3.63) is 35.4 Å². The number of rotatable bonds is 5. The van der Waals surface area contributed by atoms with Crippen molar-refractivity contribution in [3.63, 3.8) is 0 Å². The Bertz CT molecular complexity index is 726. The summed E-state index contributed by atoms with van der Waals surface area (Å²) in [6, 6.07) is 3.52. The van der Waals surface area contributed by atoms with Crippen LogP contribution >= 0.6 is 0 Å². The predicted molar refractivity (Wildman–Crippen MR) is 114 cm³/mol. The summed E-state index contributed by atoms with van der Waals surface area (Å²) >= 11 is 0. The zero-order valence-electron chi connectivity index (χ0n) is 17.9. The van der Waals surface area contributed by atoms with E-state index in [1.54, 1.807) is 7.05 Å². The molecule has 1 aromatic rings. The highest BCUT2D eigenvalue weighted by Gasteiger charge is 2.23. The van der Waals surface area contributed by atoms with Gasteiger partial charge < -0.3 is 15.1 Å². The van der Waals surface area contributed by atoms with Gasteiger partial charge in [-0.25, -0.2) is 8.78 Å². The lowest BCUT2D eigenvalue weighted by molar-refractivity contribution is -0.132. The van der Waals surface area contributed by atoms with E-state index in [4.69, 9.17) is 0 Å². The van der Waals surface area contributed by atoms with E-state index in [9.17, 15) is 13.6 Å². The number of nitrogens with one attached hydrogen (secondary N) is 1. The van der Waals surface area contributed by atoms with E-state index in [-0.39, 0.29) is 5.91 Å². The maximum absolute atomic E-state index is 13.8. The van der Waals surface area contributed by atoms with Crippen LogP contribution in [0, 0.1) is 11.6 Å². The zero-order chi connectivity index (χ0) is 21.3. The first-order chi connectivity index (χ1) is 14.6. The average molecular weight is 422 g/mol. The molecule has 2 aliphatic rings. The second-order valence-electron chi connectivity index (χ2n) is 8.02. The first-order valence-electron chi connectivity index (χ1n) is 11.0. The standard InChI is InChI=1S/C22H33F2N5O/c1-25-22(26-9-8-18-16-19(23)6-7-20(18)24)29-14-12-27(13-15-29)17-21(30)28-10-4-2-3-5-11-28/h6-7,16H,2-5,8-15,17H2,1H3,(H,25,26). The minimum atomic E-state index is -0.429. The van der Waals surface area contributed by atoms with Gasteiger partial charge in [-0.3, -0.25) is 14.7 Å². The van der Waals surface area contributed by atoms with Gasteiger partial charge in [0.1, 0.15) is 11.6 Å². The van der Waals surface area contributed by atoms with Gasteiger partial charge in [-0.15, -0.1) is 0 Å². The Labute approximate surface area is 177 Å². The Kier molecular flexibility index (Phi) is 8.42. The first kappa shape index (κ1) is 22.5. The van der Waals surface area contributed by atoms with Crippen LogP contribution in [0.2, 0.25) is 0 Å². The average Bonchev–Trinajstić information content (AvgIpc) is 3.04. The molecule has 0 bridgehead atoms. The van der Waals surface area contributed by atoms with Crippen LogP contribution in [0.3, 0.4) is 0 Å². The van der Waals surface area contributed by atoms with Crippen LogP contribution in [0.5, 0.6) is 0 Å². The number of aliphatic imine (C=N–C) groups is 1. The third-order valence-electron chi connectivity index (χ3n) is 5.89. The SMILES string of the molecule is CN=C(NCCc1cc(F)ccc1F)N1CCN(CC(=O)N2CCCCCC2)CC1. The second-order valence-corrected chi connectivity index (χ2v) is 8.02. The minimum Gasteiger partial charge on any atom is -0.356 e. The number of guanidine groups is 1. The van der Waals surface area contributed by atoms with Crippen molar-refractivity contribution in [1.82, 2.24) is 20.0 Å². The van der Waals surface area contributed by atoms with Crippen molar-refractivity contribution in [2.75, 3.05) is 59.4 Å². The molecule has 6 nitrogen and oxygen atoms in total. The van der Waals surface area contributed by atoms with E-state index in [0.717, 1.165) is 70.2 Å². The predicted octanol–water partition coefficient (Wildman–Crippen LogP) is 2.10. The molecule has 0 unspecified atom stereocenters. The fraction of sp³-hybridized carbons (Fsp3) is 0.636. The molecule has 0 radical (unpaired) electrons. The number of likely N-dealkylation sites (tertiary alicyclic amines) is 1. The molecule has 1 N–H and O–H groups in total. The van der Waals surface area contributed by atoms with E-state index in [0.29, 0.717) is 25.1 Å². The summed E-state index contributed by atoms with van der Waals surface area (Å²) < 4.78 is 27.1. The molecule has 2 heterocycles. The normalized spacial score (nSPS) is 19.0. The molecular weight excluding hydrogens is 388 g/mol. The molecule has 0 atom stereocenters. The fourth-order valence-electron chi connectivity index (χ4n) is 4.11. The summed E-state index contributed by atoms with van der Waals surface area (Å²) in [5, 5.41) is 3.24. The summed E-state index contributed by atoms with van der Waals surface area (Å²) in [6.07, 6.45) is 5.05. The summed E-state index contributed by atoms with van der Waals surface area (Å²) in [5.41, 5.74) is 0.356. The van der Waals surface area contributed by atoms with Crippen molar-refractivity contribution in [2.24, 2.45) is 4.99 Å². The van der Waals surface area contributed by atoms with Crippen LogP contribution in [-0.4, -0.2) is 86.0 Å². The van der Waals surface area contributed by atoms with Gasteiger partial charge in [0.25, 0.3) is 0 Å². The Hall–Kier alpha value is -2.22. The largest absolute Gasteiger partial charge is 0.356 e. The summed E-state index contributed by atoms with van der Waals surface area (Å²) in [4.78, 5) is 23.3. The zero-order valence-corrected chi connectivity index (χ0v) is 17.9. The Morgan fingerprint density at radius 3 is 2.37 bits per heavy atom. The Morgan fingerprint density at radius 1 is 1.00 bits per heavy atom. The third-order valence-corrected chi connectivity index (χ3v) is 5.89. The van der Waals surface area contributed by atoms with Crippen LogP contribution in [0.4, 0.5) is 8.78 Å². The number of piperazine rings is 1. The van der Waals surface area contributed by atoms with Crippen molar-refractivity contribution in [3.8, 4) is 0 Å². The molecule has 1 aromatic carbocycles. The van der Waals surface area contributed by atoms with Crippen molar-refractivity contribution < 1.29 is 13.6 Å². The number of benzene rings is 1. The maximum atomic E-state index is 13.8. The van der Waals surface area contributed by atoms with Crippen LogP contribution in [0.15, 0.2) is 23.2 Å². The topological polar surface area (TPSA) is 51.2 Å². The van der Waals surface area contributed by atoms with Crippen molar-refractivity contribution in [2.45, 2.75) is 32.1 Å². The first-order valence-corrected chi connectivity index (χ1v) is 11.0. The van der Waals surface area contributed by atoms with Gasteiger partial charge in [-0.05, 0) is 43.0 Å². The molecule has 30 heavy (non-hydrogen) atoms. The number of hydrogen-bond donors (Lipinski definition) is 1. The van der Waals surface area contributed by atoms with E-state index in [1.807, 2.05) is 4.90 Å². The van der Waals surface area contributed by atoms with Gasteiger partial charge in [0, 0.05) is 52.9 Å². The summed E-state index contributed by atoms with van der Waals surface area (Å²) in [7, 11) is 1.72. The van der Waals surface area contributed by atoms with Gasteiger partial charge in [-0.1, -0.05) is 12.8 Å². The minimum absolute atomic E-state index is 0.241. The van der Waals surface area contributed by atoms with E-state index in [1.165, 1.54) is 18.9 Å². The molecule has 1 amide bonds. The number of carbonyl (C=O) groups is 1. The molecule has 0 saturated carbocycles. The summed E-state index contributed by atoms with van der Waals surface area (Å²) in [5.74, 6) is 0.174. The molecule has 2 aliphatic heterocycles. The highest BCUT2D eigenvalue weighted by molar-refractivity contribution is 5.80. The van der Waals surface area contributed by atoms with Crippen LogP contribution in [0.1, 0.15) is 31.2 Å². The maximum Gasteiger partial charge on any atom is 0.236 e. The molecule has 166 valence electrons. The van der Waals surface area contributed by atoms with Crippen LogP contribution < -0.4 is 5.32 Å². The third kappa shape index (κ3) is 6.39. The number of amides is 1. The lowest BCUT2D eigenvalue weighted by atomic mass is 10.1. The molecule has 2 saturated heterocycles. The highest BCUT2D eigenvalue weighted by Crippen LogP contribution is 2.12. The quantitative estimate of drug-likeness (QED) is 0.585. The Morgan fingerprint density at radius 2 is 1.70 bits per heavy atom. The highest BCUT2D eigenvalue weighted by atomic mass is 19.1. The molecule has 0 spiro atoms. The fourth-order valence-corrected chi connectivity index (χ4v) is 4.11. The Balaban J connectivity index is 1.41. The number of hydrogen-bond acceptors (Lipinski definition) is 3. The van der Waals surface area contributed by atoms with Crippen LogP contribution in [-0.2, 0) is 11.2 Å². The molecule has 2 fully saturated rings. The van der Waals surface area contributed by atoms with E-state index < -0.39 is 11.6 Å². The van der Waals surface area contributed by atoms with Gasteiger partial charge in [0.2, 0.25) is 5.91 Å². The molecule has 0 aromatic heterocycles. The van der Waals surface area contributed by atoms with Crippen molar-refractivity contribution >= 4 is 11.9 Å². The lowest BCUT2D eigenvalue weighted by Gasteiger charge is -2.37. The van der Waals surface area contributed by atoms with Gasteiger partial charge in [0.15, 0.2) is 5.96 Å². The summed E-state index contributed by atoms with van der Waals surface area (Å²) in [6.45, 7) is 5.90. The van der Waals surface area contributed by atoms with Crippen LogP contribution in [0.25, 0.3) is 0 Å². The lowest BCUT2D eigenvalue weighted by Crippen LogP contribution is -2.54. The van der Waals surface area contributed by atoms with E-state index in [2.05, 4.69) is 20.1 Å². The van der Waals surface area contributed by atoms with Crippen molar-refractivity contribution in [1.29, 1.82) is 0 Å². The molecule has 8 heteroatoms. The molecule has 0 aliphatic carbocycles. The number of nitrogens with zero attached hydrogens (tertiary/aromatic N) is 4. The molecular formula is C22H33F2N5O.